The lowest BCUT2D eigenvalue weighted by Crippen LogP contribution is -2.26. The molecule has 0 atom stereocenters. The summed E-state index contributed by atoms with van der Waals surface area (Å²) in [6.07, 6.45) is 1.71. The van der Waals surface area contributed by atoms with Gasteiger partial charge in [-0.3, -0.25) is 4.79 Å². The van der Waals surface area contributed by atoms with Gasteiger partial charge in [-0.15, -0.1) is 0 Å². The monoisotopic (exact) mass is 315 g/mol. The smallest absolute Gasteiger partial charge is 0.271 e. The second-order valence-corrected chi connectivity index (χ2v) is 4.75. The summed E-state index contributed by atoms with van der Waals surface area (Å²) in [5.74, 6) is 0.341. The first-order chi connectivity index (χ1) is 10.2. The molecule has 21 heavy (non-hydrogen) atoms. The number of pyridine rings is 1. The zero-order chi connectivity index (χ0) is 15.5. The van der Waals surface area contributed by atoms with E-state index in [0.717, 1.165) is 12.8 Å². The molecule has 0 saturated carbocycles. The molecule has 0 aliphatic heterocycles. The first kappa shape index (κ1) is 17.7. The van der Waals surface area contributed by atoms with E-state index in [9.17, 15) is 4.79 Å². The van der Waals surface area contributed by atoms with Gasteiger partial charge >= 0.3 is 0 Å². The van der Waals surface area contributed by atoms with Gasteiger partial charge in [0, 0.05) is 27.3 Å². The van der Waals surface area contributed by atoms with Crippen LogP contribution in [-0.2, 0) is 9.47 Å². The molecule has 6 nitrogen and oxygen atoms in total. The summed E-state index contributed by atoms with van der Waals surface area (Å²) in [7, 11) is 3.38. The summed E-state index contributed by atoms with van der Waals surface area (Å²) in [6.45, 7) is 2.42. The molecule has 2 N–H and O–H groups in total. The van der Waals surface area contributed by atoms with Crippen molar-refractivity contribution >= 4 is 23.3 Å². The maximum Gasteiger partial charge on any atom is 0.271 e. The first-order valence-corrected chi connectivity index (χ1v) is 7.26. The molecule has 0 aliphatic carbocycles. The average molecular weight is 316 g/mol. The number of nitrogens with one attached hydrogen (secondary N) is 2. The molecule has 1 heterocycles. The van der Waals surface area contributed by atoms with Crippen molar-refractivity contribution in [2.45, 2.75) is 12.8 Å². The van der Waals surface area contributed by atoms with Crippen molar-refractivity contribution in [2.75, 3.05) is 45.8 Å². The van der Waals surface area contributed by atoms with Crippen LogP contribution in [0.1, 0.15) is 23.3 Å². The molecule has 0 spiro atoms. The molecule has 0 saturated heterocycles. The van der Waals surface area contributed by atoms with E-state index in [2.05, 4.69) is 15.6 Å². The van der Waals surface area contributed by atoms with Gasteiger partial charge in [-0.2, -0.15) is 0 Å². The van der Waals surface area contributed by atoms with E-state index < -0.39 is 0 Å². The highest BCUT2D eigenvalue weighted by atomic mass is 35.5. The quantitative estimate of drug-likeness (QED) is 0.646. The fourth-order valence-corrected chi connectivity index (χ4v) is 1.79. The molecule has 7 heteroatoms. The zero-order valence-electron chi connectivity index (χ0n) is 12.4. The van der Waals surface area contributed by atoms with Crippen LogP contribution in [0.4, 0.5) is 5.82 Å². The van der Waals surface area contributed by atoms with Gasteiger partial charge in [0.2, 0.25) is 0 Å². The minimum Gasteiger partial charge on any atom is -0.382 e. The van der Waals surface area contributed by atoms with Gasteiger partial charge in [-0.05, 0) is 25.0 Å². The molecule has 1 aromatic rings. The van der Waals surface area contributed by atoms with Crippen molar-refractivity contribution in [3.8, 4) is 0 Å². The molecule has 0 radical (unpaired) electrons. The van der Waals surface area contributed by atoms with Crippen LogP contribution < -0.4 is 10.6 Å². The molecule has 1 amide bonds. The van der Waals surface area contributed by atoms with E-state index in [1.807, 2.05) is 0 Å². The minimum atomic E-state index is -0.266. The van der Waals surface area contributed by atoms with Crippen LogP contribution in [0.2, 0.25) is 5.02 Å². The number of carbonyl (C=O) groups is 1. The van der Waals surface area contributed by atoms with E-state index in [0.29, 0.717) is 37.2 Å². The third-order valence-electron chi connectivity index (χ3n) is 2.75. The Hall–Kier alpha value is -1.37. The van der Waals surface area contributed by atoms with Gasteiger partial charge in [0.25, 0.3) is 5.91 Å². The molecular weight excluding hydrogens is 294 g/mol. The molecule has 0 unspecified atom stereocenters. The highest BCUT2D eigenvalue weighted by Gasteiger charge is 2.12. The predicted molar refractivity (Wildman–Crippen MR) is 83.1 cm³/mol. The number of halogens is 1. The normalized spacial score (nSPS) is 10.4. The molecule has 0 aromatic carbocycles. The van der Waals surface area contributed by atoms with Gasteiger partial charge in [0.1, 0.15) is 11.5 Å². The number of hydrogen-bond donors (Lipinski definition) is 2. The minimum absolute atomic E-state index is 0.236. The Morgan fingerprint density at radius 2 is 2.10 bits per heavy atom. The Kier molecular flexibility index (Phi) is 8.73. The maximum atomic E-state index is 12.0. The largest absolute Gasteiger partial charge is 0.382 e. The lowest BCUT2D eigenvalue weighted by Gasteiger charge is -2.08. The summed E-state index contributed by atoms with van der Waals surface area (Å²) < 4.78 is 10.2. The second-order valence-electron chi connectivity index (χ2n) is 4.35. The van der Waals surface area contributed by atoms with Crippen molar-refractivity contribution in [2.24, 2.45) is 0 Å². The Labute approximate surface area is 130 Å². The van der Waals surface area contributed by atoms with Gasteiger partial charge in [0.05, 0.1) is 18.2 Å². The summed E-state index contributed by atoms with van der Waals surface area (Å²) in [5, 5.41) is 6.01. The number of anilines is 1. The SMILES string of the molecule is CNc1ccc(Cl)c(C(=O)NCCCCOCCOC)n1. The highest BCUT2D eigenvalue weighted by Crippen LogP contribution is 2.16. The van der Waals surface area contributed by atoms with E-state index in [-0.39, 0.29) is 11.6 Å². The van der Waals surface area contributed by atoms with E-state index >= 15 is 0 Å². The van der Waals surface area contributed by atoms with Crippen molar-refractivity contribution in [1.29, 1.82) is 0 Å². The third-order valence-corrected chi connectivity index (χ3v) is 3.06. The number of unbranched alkanes of at least 4 members (excludes halogenated alkanes) is 1. The van der Waals surface area contributed by atoms with Crippen LogP contribution >= 0.6 is 11.6 Å². The predicted octanol–water partition coefficient (Wildman–Crippen LogP) is 1.95. The maximum absolute atomic E-state index is 12.0. The van der Waals surface area contributed by atoms with Crippen LogP contribution in [-0.4, -0.2) is 51.4 Å². The highest BCUT2D eigenvalue weighted by molar-refractivity contribution is 6.33. The van der Waals surface area contributed by atoms with E-state index in [4.69, 9.17) is 21.1 Å². The number of ether oxygens (including phenoxy) is 2. The molecule has 0 fully saturated rings. The van der Waals surface area contributed by atoms with Gasteiger partial charge in [0.15, 0.2) is 0 Å². The topological polar surface area (TPSA) is 72.5 Å². The zero-order valence-corrected chi connectivity index (χ0v) is 13.2. The van der Waals surface area contributed by atoms with E-state index in [1.165, 1.54) is 0 Å². The van der Waals surface area contributed by atoms with Crippen molar-refractivity contribution in [3.05, 3.63) is 22.8 Å². The van der Waals surface area contributed by atoms with E-state index in [1.54, 1.807) is 26.3 Å². The summed E-state index contributed by atoms with van der Waals surface area (Å²) >= 11 is 5.98. The summed E-state index contributed by atoms with van der Waals surface area (Å²) in [5.41, 5.74) is 0.236. The lowest BCUT2D eigenvalue weighted by atomic mass is 10.3. The number of carbonyl (C=O) groups excluding carboxylic acids is 1. The Morgan fingerprint density at radius 3 is 2.81 bits per heavy atom. The fourth-order valence-electron chi connectivity index (χ4n) is 1.60. The molecule has 1 aromatic heterocycles. The summed E-state index contributed by atoms with van der Waals surface area (Å²) in [4.78, 5) is 16.1. The van der Waals surface area contributed by atoms with Crippen LogP contribution in [0.3, 0.4) is 0 Å². The molecular formula is C14H22ClN3O3. The molecule has 1 rings (SSSR count). The van der Waals surface area contributed by atoms with Gasteiger partial charge in [-0.1, -0.05) is 11.6 Å². The molecule has 0 aliphatic rings. The summed E-state index contributed by atoms with van der Waals surface area (Å²) in [6, 6.07) is 3.37. The van der Waals surface area contributed by atoms with Gasteiger partial charge in [-0.25, -0.2) is 4.98 Å². The van der Waals surface area contributed by atoms with Crippen molar-refractivity contribution < 1.29 is 14.3 Å². The van der Waals surface area contributed by atoms with Crippen LogP contribution in [0.15, 0.2) is 12.1 Å². The number of hydrogen-bond acceptors (Lipinski definition) is 5. The Morgan fingerprint density at radius 1 is 1.29 bits per heavy atom. The number of methoxy groups -OCH3 is 1. The molecule has 0 bridgehead atoms. The van der Waals surface area contributed by atoms with Crippen molar-refractivity contribution in [3.63, 3.8) is 0 Å². The fraction of sp³-hybridized carbons (Fsp3) is 0.571. The Bertz CT molecular complexity index is 443. The van der Waals surface area contributed by atoms with Crippen LogP contribution in [0, 0.1) is 0 Å². The third kappa shape index (κ3) is 6.75. The molecule has 118 valence electrons. The number of nitrogens with zero attached hydrogens (tertiary/aromatic N) is 1. The van der Waals surface area contributed by atoms with Crippen molar-refractivity contribution in [1.82, 2.24) is 10.3 Å². The lowest BCUT2D eigenvalue weighted by molar-refractivity contribution is 0.0686. The van der Waals surface area contributed by atoms with Crippen LogP contribution in [0.25, 0.3) is 0 Å². The average Bonchev–Trinajstić information content (AvgIpc) is 2.50. The number of amides is 1. The van der Waals surface area contributed by atoms with Crippen LogP contribution in [0.5, 0.6) is 0 Å². The first-order valence-electron chi connectivity index (χ1n) is 6.88. The second kappa shape index (κ2) is 10.4. The number of rotatable bonds is 10. The number of aromatic nitrogens is 1. The Balaban J connectivity index is 2.25. The standard InChI is InChI=1S/C14H22ClN3O3/c1-16-12-6-5-11(15)13(18-12)14(19)17-7-3-4-8-21-10-9-20-2/h5-6H,3-4,7-10H2,1-2H3,(H,16,18)(H,17,19). The van der Waals surface area contributed by atoms with Gasteiger partial charge < -0.3 is 20.1 Å².